The smallest absolute Gasteiger partial charge is 0.350 e. The highest BCUT2D eigenvalue weighted by atomic mass is 16.2. The molecule has 3 aromatic rings. The number of aromatic nitrogens is 3. The molecule has 4 rings (SSSR count). The van der Waals surface area contributed by atoms with Crippen LogP contribution in [0.25, 0.3) is 5.69 Å². The van der Waals surface area contributed by atoms with Crippen molar-refractivity contribution < 1.29 is 4.79 Å². The number of carbonyl (C=O) groups excluding carboxylic acids is 1. The Morgan fingerprint density at radius 1 is 1.07 bits per heavy atom. The molecule has 1 aliphatic rings. The predicted octanol–water partition coefficient (Wildman–Crippen LogP) is 3.64. The van der Waals surface area contributed by atoms with E-state index in [1.807, 2.05) is 54.6 Å². The van der Waals surface area contributed by atoms with Crippen molar-refractivity contribution in [2.75, 3.05) is 6.54 Å². The minimum absolute atomic E-state index is 0.0486. The molecular weight excluding hydrogens is 376 g/mol. The van der Waals surface area contributed by atoms with Crippen molar-refractivity contribution in [1.82, 2.24) is 19.7 Å². The maximum atomic E-state index is 13.0. The monoisotopic (exact) mass is 404 g/mol. The van der Waals surface area contributed by atoms with Crippen LogP contribution in [0.1, 0.15) is 61.3 Å². The van der Waals surface area contributed by atoms with Crippen molar-refractivity contribution in [3.8, 4) is 5.69 Å². The van der Waals surface area contributed by atoms with Gasteiger partial charge in [0.05, 0.1) is 12.2 Å². The van der Waals surface area contributed by atoms with Crippen LogP contribution in [0, 0.1) is 0 Å². The van der Waals surface area contributed by atoms with E-state index in [4.69, 9.17) is 0 Å². The van der Waals surface area contributed by atoms with Gasteiger partial charge in [-0.3, -0.25) is 4.79 Å². The number of nitrogens with zero attached hydrogens (tertiary/aromatic N) is 3. The van der Waals surface area contributed by atoms with Crippen molar-refractivity contribution in [2.24, 2.45) is 0 Å². The van der Waals surface area contributed by atoms with Gasteiger partial charge in [0.25, 0.3) is 5.91 Å². The molecule has 0 bridgehead atoms. The first-order valence-corrected chi connectivity index (χ1v) is 10.5. The van der Waals surface area contributed by atoms with Crippen LogP contribution in [0.2, 0.25) is 0 Å². The van der Waals surface area contributed by atoms with Gasteiger partial charge in [-0.25, -0.2) is 14.0 Å². The van der Waals surface area contributed by atoms with E-state index >= 15 is 0 Å². The van der Waals surface area contributed by atoms with E-state index in [1.54, 1.807) is 4.57 Å². The molecule has 2 aromatic carbocycles. The summed E-state index contributed by atoms with van der Waals surface area (Å²) < 4.78 is 3.16. The van der Waals surface area contributed by atoms with Gasteiger partial charge in [-0.15, -0.1) is 0 Å². The summed E-state index contributed by atoms with van der Waals surface area (Å²) in [5, 5.41) is 7.47. The number of carbonyl (C=O) groups is 1. The van der Waals surface area contributed by atoms with Gasteiger partial charge in [-0.2, -0.15) is 5.10 Å². The Balaban J connectivity index is 1.44. The highest BCUT2D eigenvalue weighted by Gasteiger charge is 2.31. The Morgan fingerprint density at radius 3 is 2.33 bits per heavy atom. The average Bonchev–Trinajstić information content (AvgIpc) is 3.52. The average molecular weight is 405 g/mol. The van der Waals surface area contributed by atoms with Crippen LogP contribution in [0.3, 0.4) is 0 Å². The largest absolute Gasteiger partial charge is 0.350 e. The molecule has 0 aliphatic heterocycles. The molecule has 30 heavy (non-hydrogen) atoms. The van der Waals surface area contributed by atoms with Crippen molar-refractivity contribution in [1.29, 1.82) is 0 Å². The minimum atomic E-state index is -0.160. The fourth-order valence-corrected chi connectivity index (χ4v) is 3.49. The summed E-state index contributed by atoms with van der Waals surface area (Å²) in [6.07, 6.45) is 2.12. The number of amides is 1. The summed E-state index contributed by atoms with van der Waals surface area (Å²) in [6, 6.07) is 17.3. The Labute approximate surface area is 176 Å². The fourth-order valence-electron chi connectivity index (χ4n) is 3.49. The van der Waals surface area contributed by atoms with E-state index in [2.05, 4.69) is 31.2 Å². The zero-order valence-electron chi connectivity index (χ0n) is 17.8. The Morgan fingerprint density at radius 2 is 1.73 bits per heavy atom. The lowest BCUT2D eigenvalue weighted by molar-refractivity contribution is 0.0951. The van der Waals surface area contributed by atoms with Gasteiger partial charge in [-0.05, 0) is 48.1 Å². The zero-order chi connectivity index (χ0) is 21.3. The van der Waals surface area contributed by atoms with E-state index in [0.29, 0.717) is 24.6 Å². The van der Waals surface area contributed by atoms with Gasteiger partial charge in [0.15, 0.2) is 0 Å². The van der Waals surface area contributed by atoms with Crippen LogP contribution >= 0.6 is 0 Å². The Kier molecular flexibility index (Phi) is 5.33. The third kappa shape index (κ3) is 4.22. The molecule has 1 fully saturated rings. The summed E-state index contributed by atoms with van der Waals surface area (Å²) in [5.74, 6) is 1.01. The topological polar surface area (TPSA) is 68.9 Å². The number of hydrogen-bond acceptors (Lipinski definition) is 3. The second-order valence-electron chi connectivity index (χ2n) is 8.89. The zero-order valence-corrected chi connectivity index (χ0v) is 17.8. The molecule has 1 N–H and O–H groups in total. The maximum Gasteiger partial charge on any atom is 0.350 e. The standard InChI is InChI=1S/C24H28N4O2/c1-24(2,3)19-13-11-18(12-14-19)22(29)25-15-16-27-23(30)28(20-7-5-4-6-8-20)21(26-27)17-9-10-17/h4-8,11-14,17H,9-10,15-16H2,1-3H3,(H,25,29). The van der Waals surface area contributed by atoms with Crippen LogP contribution in [0.4, 0.5) is 0 Å². The highest BCUT2D eigenvalue weighted by Crippen LogP contribution is 2.39. The second kappa shape index (κ2) is 7.94. The minimum Gasteiger partial charge on any atom is -0.350 e. The fraction of sp³-hybridized carbons (Fsp3) is 0.375. The number of hydrogen-bond donors (Lipinski definition) is 1. The molecule has 0 saturated heterocycles. The van der Waals surface area contributed by atoms with Gasteiger partial charge in [-0.1, -0.05) is 51.1 Å². The van der Waals surface area contributed by atoms with Gasteiger partial charge in [0.2, 0.25) is 0 Å². The molecule has 0 atom stereocenters. The van der Waals surface area contributed by atoms with E-state index in [-0.39, 0.29) is 17.0 Å². The summed E-state index contributed by atoms with van der Waals surface area (Å²) in [5.41, 5.74) is 2.52. The quantitative estimate of drug-likeness (QED) is 0.682. The van der Waals surface area contributed by atoms with Crippen molar-refractivity contribution in [2.45, 2.75) is 51.5 Å². The van der Waals surface area contributed by atoms with E-state index in [1.165, 1.54) is 10.2 Å². The van der Waals surface area contributed by atoms with E-state index in [9.17, 15) is 9.59 Å². The summed E-state index contributed by atoms with van der Waals surface area (Å²) in [6.45, 7) is 7.11. The first-order valence-electron chi connectivity index (χ1n) is 10.5. The number of para-hydroxylation sites is 1. The van der Waals surface area contributed by atoms with Crippen LogP contribution in [-0.2, 0) is 12.0 Å². The lowest BCUT2D eigenvalue weighted by Gasteiger charge is -2.19. The lowest BCUT2D eigenvalue weighted by atomic mass is 9.87. The first kappa shape index (κ1) is 20.1. The van der Waals surface area contributed by atoms with Crippen LogP contribution in [0.15, 0.2) is 59.4 Å². The maximum absolute atomic E-state index is 13.0. The lowest BCUT2D eigenvalue weighted by Crippen LogP contribution is -2.32. The van der Waals surface area contributed by atoms with Gasteiger partial charge >= 0.3 is 5.69 Å². The van der Waals surface area contributed by atoms with Crippen LogP contribution in [-0.4, -0.2) is 26.8 Å². The van der Waals surface area contributed by atoms with E-state index in [0.717, 1.165) is 24.4 Å². The molecule has 1 aliphatic carbocycles. The molecule has 1 aromatic heterocycles. The van der Waals surface area contributed by atoms with Crippen molar-refractivity contribution in [3.05, 3.63) is 82.0 Å². The molecule has 0 spiro atoms. The summed E-state index contributed by atoms with van der Waals surface area (Å²) in [7, 11) is 0. The van der Waals surface area contributed by atoms with Crippen LogP contribution < -0.4 is 11.0 Å². The van der Waals surface area contributed by atoms with Crippen molar-refractivity contribution in [3.63, 3.8) is 0 Å². The number of benzene rings is 2. The number of rotatable bonds is 6. The molecule has 1 amide bonds. The summed E-state index contributed by atoms with van der Waals surface area (Å²) in [4.78, 5) is 25.4. The molecular formula is C24H28N4O2. The van der Waals surface area contributed by atoms with Gasteiger partial charge < -0.3 is 5.32 Å². The third-order valence-corrected chi connectivity index (χ3v) is 5.44. The molecule has 6 heteroatoms. The summed E-state index contributed by atoms with van der Waals surface area (Å²) >= 11 is 0. The van der Waals surface area contributed by atoms with E-state index < -0.39 is 0 Å². The van der Waals surface area contributed by atoms with Gasteiger partial charge in [0.1, 0.15) is 5.82 Å². The normalized spacial score (nSPS) is 14.0. The molecule has 0 unspecified atom stereocenters. The van der Waals surface area contributed by atoms with Gasteiger partial charge in [0, 0.05) is 18.0 Å². The SMILES string of the molecule is CC(C)(C)c1ccc(C(=O)NCCn2nc(C3CC3)n(-c3ccccc3)c2=O)cc1. The highest BCUT2D eigenvalue weighted by molar-refractivity contribution is 5.94. The third-order valence-electron chi connectivity index (χ3n) is 5.44. The Bertz CT molecular complexity index is 1080. The molecule has 0 radical (unpaired) electrons. The predicted molar refractivity (Wildman–Crippen MR) is 117 cm³/mol. The molecule has 156 valence electrons. The Hall–Kier alpha value is -3.15. The molecule has 1 saturated carbocycles. The number of nitrogens with one attached hydrogen (secondary N) is 1. The van der Waals surface area contributed by atoms with Crippen LogP contribution in [0.5, 0.6) is 0 Å². The van der Waals surface area contributed by atoms with Crippen molar-refractivity contribution >= 4 is 5.91 Å². The molecule has 1 heterocycles. The second-order valence-corrected chi connectivity index (χ2v) is 8.89. The first-order chi connectivity index (χ1) is 14.3. The molecule has 6 nitrogen and oxygen atoms in total.